The second kappa shape index (κ2) is 7.36. The molecule has 0 radical (unpaired) electrons. The van der Waals surface area contributed by atoms with Gasteiger partial charge in [-0.2, -0.15) is 5.10 Å². The molecule has 9 nitrogen and oxygen atoms in total. The first kappa shape index (κ1) is 18.2. The van der Waals surface area contributed by atoms with E-state index in [4.69, 9.17) is 0 Å². The third-order valence-electron chi connectivity index (χ3n) is 4.97. The summed E-state index contributed by atoms with van der Waals surface area (Å²) < 4.78 is 1.62. The fourth-order valence-corrected chi connectivity index (χ4v) is 3.10. The van der Waals surface area contributed by atoms with Crippen LogP contribution >= 0.6 is 0 Å². The highest BCUT2D eigenvalue weighted by molar-refractivity contribution is 5.90. The van der Waals surface area contributed by atoms with Gasteiger partial charge in [-0.05, 0) is 34.4 Å². The largest absolute Gasteiger partial charge is 0.355 e. The fraction of sp³-hybridized carbons (Fsp3) is 0.588. The van der Waals surface area contributed by atoms with Crippen molar-refractivity contribution in [2.75, 3.05) is 32.1 Å². The summed E-state index contributed by atoms with van der Waals surface area (Å²) in [4.78, 5) is 30.1. The van der Waals surface area contributed by atoms with Gasteiger partial charge in [-0.15, -0.1) is 0 Å². The molecule has 1 aliphatic heterocycles. The van der Waals surface area contributed by atoms with Gasteiger partial charge in [-0.3, -0.25) is 9.48 Å². The lowest BCUT2D eigenvalue weighted by Gasteiger charge is -2.23. The highest BCUT2D eigenvalue weighted by atomic mass is 16.2. The van der Waals surface area contributed by atoms with E-state index in [0.29, 0.717) is 11.9 Å². The predicted octanol–water partition coefficient (Wildman–Crippen LogP) is 0.292. The Morgan fingerprint density at radius 2 is 2.12 bits per heavy atom. The summed E-state index contributed by atoms with van der Waals surface area (Å²) in [5.74, 6) is 1.42. The molecule has 3 heterocycles. The van der Waals surface area contributed by atoms with Gasteiger partial charge >= 0.3 is 0 Å². The smallest absolute Gasteiger partial charge is 0.289 e. The number of aromatic nitrogens is 5. The van der Waals surface area contributed by atoms with Crippen molar-refractivity contribution in [2.24, 2.45) is 7.05 Å². The zero-order valence-corrected chi connectivity index (χ0v) is 16.0. The minimum absolute atomic E-state index is 0.193. The maximum atomic E-state index is 12.5. The van der Waals surface area contributed by atoms with Crippen LogP contribution in [0.1, 0.15) is 34.1 Å². The van der Waals surface area contributed by atoms with Crippen LogP contribution in [0.4, 0.5) is 5.82 Å². The number of anilines is 1. The molecule has 0 aromatic carbocycles. The summed E-state index contributed by atoms with van der Waals surface area (Å²) >= 11 is 0. The van der Waals surface area contributed by atoms with E-state index in [1.165, 1.54) is 6.33 Å². The molecule has 1 fully saturated rings. The van der Waals surface area contributed by atoms with Crippen molar-refractivity contribution in [2.45, 2.75) is 32.9 Å². The fourth-order valence-electron chi connectivity index (χ4n) is 3.10. The Bertz CT molecular complexity index is 800. The molecule has 2 aromatic rings. The summed E-state index contributed by atoms with van der Waals surface area (Å²) in [6, 6.07) is 0.498. The summed E-state index contributed by atoms with van der Waals surface area (Å²) in [7, 11) is 5.98. The molecule has 0 bridgehead atoms. The number of amides is 1. The molecule has 0 saturated carbocycles. The lowest BCUT2D eigenvalue weighted by molar-refractivity contribution is 0.0939. The Kier molecular flexibility index (Phi) is 5.17. The molecule has 1 N–H and O–H groups in total. The van der Waals surface area contributed by atoms with Crippen LogP contribution in [0.25, 0.3) is 0 Å². The number of carbonyl (C=O) groups is 1. The molecule has 0 aliphatic carbocycles. The quantitative estimate of drug-likeness (QED) is 0.821. The van der Waals surface area contributed by atoms with Gasteiger partial charge in [0.2, 0.25) is 5.82 Å². The average molecular weight is 358 g/mol. The molecule has 9 heteroatoms. The predicted molar refractivity (Wildman–Crippen MR) is 98.0 cm³/mol. The number of likely N-dealkylation sites (N-methyl/N-ethyl adjacent to an activating group) is 1. The van der Waals surface area contributed by atoms with E-state index in [2.05, 4.69) is 49.3 Å². The minimum Gasteiger partial charge on any atom is -0.355 e. The third kappa shape index (κ3) is 3.67. The number of nitrogens with one attached hydrogen (secondary N) is 1. The standard InChI is InChI=1S/C17H26N8O/c1-11-12(2)21-15(17(26)18-8-14-19-10-20-24(14)5)22-16(11)25-7-6-13(9-25)23(3)4/h10,13H,6-9H2,1-5H3,(H,18,26)/t13-/m1/s1. The second-order valence-corrected chi connectivity index (χ2v) is 6.92. The molecule has 2 aromatic heterocycles. The Hall–Kier alpha value is -2.55. The van der Waals surface area contributed by atoms with E-state index in [1.54, 1.807) is 11.7 Å². The SMILES string of the molecule is Cc1nc(C(=O)NCc2ncnn2C)nc(N2CC[C@@H](N(C)C)C2)c1C. The van der Waals surface area contributed by atoms with E-state index in [9.17, 15) is 4.79 Å². The van der Waals surface area contributed by atoms with E-state index >= 15 is 0 Å². The lowest BCUT2D eigenvalue weighted by atomic mass is 10.2. The molecule has 3 rings (SSSR count). The Morgan fingerprint density at radius 1 is 1.35 bits per heavy atom. The molecular formula is C17H26N8O. The van der Waals surface area contributed by atoms with Crippen molar-refractivity contribution in [3.05, 3.63) is 29.2 Å². The summed E-state index contributed by atoms with van der Waals surface area (Å²) in [5, 5.41) is 6.81. The highest BCUT2D eigenvalue weighted by Gasteiger charge is 2.27. The van der Waals surface area contributed by atoms with Gasteiger partial charge in [0, 0.05) is 37.4 Å². The molecular weight excluding hydrogens is 332 g/mol. The Labute approximate surface area is 153 Å². The molecule has 1 amide bonds. The van der Waals surface area contributed by atoms with Crippen molar-refractivity contribution < 1.29 is 4.79 Å². The lowest BCUT2D eigenvalue weighted by Crippen LogP contribution is -2.33. The van der Waals surface area contributed by atoms with Crippen LogP contribution in [0.5, 0.6) is 0 Å². The molecule has 0 spiro atoms. The second-order valence-electron chi connectivity index (χ2n) is 6.92. The van der Waals surface area contributed by atoms with Crippen LogP contribution in [0, 0.1) is 13.8 Å². The van der Waals surface area contributed by atoms with Crippen molar-refractivity contribution in [3.8, 4) is 0 Å². The van der Waals surface area contributed by atoms with Crippen molar-refractivity contribution in [3.63, 3.8) is 0 Å². The molecule has 1 saturated heterocycles. The summed E-state index contributed by atoms with van der Waals surface area (Å²) in [5.41, 5.74) is 1.85. The van der Waals surface area contributed by atoms with Gasteiger partial charge in [0.15, 0.2) is 0 Å². The number of nitrogens with zero attached hydrogens (tertiary/aromatic N) is 7. The van der Waals surface area contributed by atoms with Gasteiger partial charge in [-0.25, -0.2) is 15.0 Å². The number of hydrogen-bond acceptors (Lipinski definition) is 7. The zero-order chi connectivity index (χ0) is 18.8. The van der Waals surface area contributed by atoms with Crippen LogP contribution in [0.2, 0.25) is 0 Å². The molecule has 26 heavy (non-hydrogen) atoms. The van der Waals surface area contributed by atoms with Gasteiger partial charge in [0.25, 0.3) is 5.91 Å². The van der Waals surface area contributed by atoms with Crippen molar-refractivity contribution in [1.29, 1.82) is 0 Å². The molecule has 140 valence electrons. The van der Waals surface area contributed by atoms with E-state index in [-0.39, 0.29) is 18.3 Å². The van der Waals surface area contributed by atoms with Crippen LogP contribution < -0.4 is 10.2 Å². The first-order chi connectivity index (χ1) is 12.4. The molecule has 0 unspecified atom stereocenters. The van der Waals surface area contributed by atoms with E-state index < -0.39 is 0 Å². The first-order valence-electron chi connectivity index (χ1n) is 8.74. The zero-order valence-electron chi connectivity index (χ0n) is 16.0. The maximum absolute atomic E-state index is 12.5. The third-order valence-corrected chi connectivity index (χ3v) is 4.97. The van der Waals surface area contributed by atoms with Gasteiger partial charge in [0.1, 0.15) is 18.0 Å². The highest BCUT2D eigenvalue weighted by Crippen LogP contribution is 2.25. The topological polar surface area (TPSA) is 92.1 Å². The van der Waals surface area contributed by atoms with Crippen molar-refractivity contribution >= 4 is 11.7 Å². The molecule has 1 atom stereocenters. The van der Waals surface area contributed by atoms with Crippen molar-refractivity contribution in [1.82, 2.24) is 34.9 Å². The summed E-state index contributed by atoms with van der Waals surface area (Å²) in [6.45, 7) is 6.05. The van der Waals surface area contributed by atoms with Gasteiger partial charge < -0.3 is 15.1 Å². The van der Waals surface area contributed by atoms with Crippen LogP contribution in [-0.4, -0.2) is 68.8 Å². The number of aryl methyl sites for hydroxylation is 2. The Morgan fingerprint density at radius 3 is 2.73 bits per heavy atom. The van der Waals surface area contributed by atoms with E-state index in [1.807, 2.05) is 13.8 Å². The number of hydrogen-bond donors (Lipinski definition) is 1. The first-order valence-corrected chi connectivity index (χ1v) is 8.74. The van der Waals surface area contributed by atoms with Gasteiger partial charge in [-0.1, -0.05) is 0 Å². The monoisotopic (exact) mass is 358 g/mol. The summed E-state index contributed by atoms with van der Waals surface area (Å²) in [6.07, 6.45) is 2.55. The van der Waals surface area contributed by atoms with Crippen LogP contribution in [0.15, 0.2) is 6.33 Å². The molecule has 1 aliphatic rings. The average Bonchev–Trinajstić information content (AvgIpc) is 3.24. The van der Waals surface area contributed by atoms with E-state index in [0.717, 1.165) is 36.6 Å². The number of carbonyl (C=O) groups excluding carboxylic acids is 1. The maximum Gasteiger partial charge on any atom is 0.289 e. The normalized spacial score (nSPS) is 17.2. The minimum atomic E-state index is -0.305. The number of rotatable bonds is 5. The van der Waals surface area contributed by atoms with Crippen LogP contribution in [0.3, 0.4) is 0 Å². The van der Waals surface area contributed by atoms with Gasteiger partial charge in [0.05, 0.1) is 6.54 Å². The van der Waals surface area contributed by atoms with Crippen LogP contribution in [-0.2, 0) is 13.6 Å². The Balaban J connectivity index is 1.77.